The third-order valence-corrected chi connectivity index (χ3v) is 7.15. The number of hydrogen-bond donors (Lipinski definition) is 1. The highest BCUT2D eigenvalue weighted by Crippen LogP contribution is 2.42. The van der Waals surface area contributed by atoms with E-state index in [1.54, 1.807) is 0 Å². The van der Waals surface area contributed by atoms with Gasteiger partial charge in [-0.25, -0.2) is 0 Å². The van der Waals surface area contributed by atoms with Gasteiger partial charge in [0, 0.05) is 17.5 Å². The summed E-state index contributed by atoms with van der Waals surface area (Å²) in [5.41, 5.74) is 8.91. The van der Waals surface area contributed by atoms with E-state index in [9.17, 15) is 10.1 Å². The van der Waals surface area contributed by atoms with Gasteiger partial charge in [-0.2, -0.15) is 5.26 Å². The minimum absolute atomic E-state index is 0.0631. The monoisotopic (exact) mass is 453 g/mol. The van der Waals surface area contributed by atoms with Gasteiger partial charge in [0.1, 0.15) is 17.6 Å². The van der Waals surface area contributed by atoms with Crippen molar-refractivity contribution in [2.75, 3.05) is 6.61 Å². The fourth-order valence-corrected chi connectivity index (χ4v) is 5.35. The van der Waals surface area contributed by atoms with Gasteiger partial charge < -0.3 is 14.6 Å². The van der Waals surface area contributed by atoms with Crippen LogP contribution in [0, 0.1) is 25.2 Å². The molecule has 1 heterocycles. The first kappa shape index (κ1) is 22.0. The minimum atomic E-state index is -0.822. The Morgan fingerprint density at radius 3 is 2.62 bits per heavy atom. The van der Waals surface area contributed by atoms with Crippen LogP contribution < -0.4 is 9.47 Å². The molecule has 0 radical (unpaired) electrons. The molecule has 3 aromatic rings. The first-order valence-electron chi connectivity index (χ1n) is 11.7. The first-order chi connectivity index (χ1) is 16.4. The molecule has 5 heteroatoms. The van der Waals surface area contributed by atoms with Crippen molar-refractivity contribution in [2.24, 2.45) is 0 Å². The number of aryl methyl sites for hydroxylation is 2. The highest BCUT2D eigenvalue weighted by Gasteiger charge is 2.30. The molecule has 0 saturated carbocycles. The van der Waals surface area contributed by atoms with E-state index in [2.05, 4.69) is 38.1 Å². The summed E-state index contributed by atoms with van der Waals surface area (Å²) >= 11 is 0. The van der Waals surface area contributed by atoms with Gasteiger partial charge in [-0.1, -0.05) is 30.3 Å². The van der Waals surface area contributed by atoms with Crippen molar-refractivity contribution in [1.82, 2.24) is 0 Å². The smallest absolute Gasteiger partial charge is 0.304 e. The molecule has 0 bridgehead atoms. The largest absolute Gasteiger partial charge is 0.492 e. The van der Waals surface area contributed by atoms with E-state index in [1.165, 1.54) is 22.3 Å². The zero-order valence-electron chi connectivity index (χ0n) is 19.4. The molecule has 0 fully saturated rings. The summed E-state index contributed by atoms with van der Waals surface area (Å²) in [6.07, 6.45) is 2.44. The average Bonchev–Trinajstić information content (AvgIpc) is 3.40. The lowest BCUT2D eigenvalue weighted by Gasteiger charge is -2.18. The number of hydrogen-bond acceptors (Lipinski definition) is 4. The van der Waals surface area contributed by atoms with E-state index >= 15 is 0 Å². The number of carboxylic acid groups (broad SMARTS) is 1. The maximum Gasteiger partial charge on any atom is 0.304 e. The second kappa shape index (κ2) is 8.87. The van der Waals surface area contributed by atoms with Gasteiger partial charge in [0.05, 0.1) is 24.7 Å². The van der Waals surface area contributed by atoms with E-state index in [0.717, 1.165) is 41.5 Å². The SMILES string of the molecule is Cc1cccc(C)c1Cc1c(C#N)ccc2c1CCC2Oc1ccc2c(c1)OCC2CC(=O)O. The van der Waals surface area contributed by atoms with Crippen molar-refractivity contribution in [2.45, 2.75) is 51.6 Å². The Morgan fingerprint density at radius 1 is 1.12 bits per heavy atom. The molecule has 0 saturated heterocycles. The van der Waals surface area contributed by atoms with Crippen LogP contribution in [-0.2, 0) is 17.6 Å². The number of carbonyl (C=O) groups is 1. The average molecular weight is 454 g/mol. The molecule has 5 nitrogen and oxygen atoms in total. The van der Waals surface area contributed by atoms with Crippen LogP contribution in [0.25, 0.3) is 0 Å². The molecule has 2 unspecified atom stereocenters. The summed E-state index contributed by atoms with van der Waals surface area (Å²) in [5.74, 6) is 0.481. The Balaban J connectivity index is 1.42. The molecule has 1 aliphatic heterocycles. The molecule has 172 valence electrons. The van der Waals surface area contributed by atoms with Gasteiger partial charge in [0.2, 0.25) is 0 Å². The number of ether oxygens (including phenoxy) is 2. The van der Waals surface area contributed by atoms with Gasteiger partial charge in [-0.3, -0.25) is 4.79 Å². The fraction of sp³-hybridized carbons (Fsp3) is 0.310. The molecular formula is C29H27NO4. The third-order valence-electron chi connectivity index (χ3n) is 7.15. The Hall–Kier alpha value is -3.78. The highest BCUT2D eigenvalue weighted by molar-refractivity contribution is 5.69. The fourth-order valence-electron chi connectivity index (χ4n) is 5.35. The minimum Gasteiger partial charge on any atom is -0.492 e. The number of nitriles is 1. The Morgan fingerprint density at radius 2 is 1.88 bits per heavy atom. The summed E-state index contributed by atoms with van der Waals surface area (Å²) in [6, 6.07) is 18.4. The van der Waals surface area contributed by atoms with E-state index in [-0.39, 0.29) is 18.4 Å². The number of benzene rings is 3. The van der Waals surface area contributed by atoms with Crippen LogP contribution in [0.1, 0.15) is 69.4 Å². The van der Waals surface area contributed by atoms with Crippen molar-refractivity contribution in [3.05, 3.63) is 93.0 Å². The number of fused-ring (bicyclic) bond motifs is 2. The Kier molecular flexibility index (Phi) is 5.75. The third kappa shape index (κ3) is 4.01. The van der Waals surface area contributed by atoms with E-state index in [4.69, 9.17) is 14.6 Å². The topological polar surface area (TPSA) is 79.5 Å². The number of rotatable bonds is 6. The van der Waals surface area contributed by atoms with Crippen LogP contribution in [0.2, 0.25) is 0 Å². The quantitative estimate of drug-likeness (QED) is 0.512. The molecule has 0 spiro atoms. The molecule has 1 N–H and O–H groups in total. The van der Waals surface area contributed by atoms with Crippen molar-refractivity contribution < 1.29 is 19.4 Å². The molecule has 1 aliphatic carbocycles. The lowest BCUT2D eigenvalue weighted by molar-refractivity contribution is -0.137. The predicted octanol–water partition coefficient (Wildman–Crippen LogP) is 5.78. The maximum atomic E-state index is 11.1. The van der Waals surface area contributed by atoms with Crippen molar-refractivity contribution >= 4 is 5.97 Å². The predicted molar refractivity (Wildman–Crippen MR) is 128 cm³/mol. The number of aliphatic carboxylic acids is 1. The van der Waals surface area contributed by atoms with Crippen molar-refractivity contribution in [1.29, 1.82) is 5.26 Å². The Labute approximate surface area is 199 Å². The summed E-state index contributed by atoms with van der Waals surface area (Å²) < 4.78 is 12.1. The summed E-state index contributed by atoms with van der Waals surface area (Å²) in [7, 11) is 0. The van der Waals surface area contributed by atoms with Gasteiger partial charge in [0.25, 0.3) is 0 Å². The van der Waals surface area contributed by atoms with Gasteiger partial charge in [-0.15, -0.1) is 0 Å². The first-order valence-corrected chi connectivity index (χ1v) is 11.7. The summed E-state index contributed by atoms with van der Waals surface area (Å²) in [6.45, 7) is 4.64. The van der Waals surface area contributed by atoms with Crippen LogP contribution >= 0.6 is 0 Å². The molecule has 2 atom stereocenters. The number of carboxylic acids is 1. The second-order valence-electron chi connectivity index (χ2n) is 9.27. The van der Waals surface area contributed by atoms with E-state index in [1.807, 2.05) is 30.3 Å². The molecule has 5 rings (SSSR count). The van der Waals surface area contributed by atoms with Gasteiger partial charge in [0.15, 0.2) is 0 Å². The van der Waals surface area contributed by atoms with Gasteiger partial charge >= 0.3 is 5.97 Å². The lowest BCUT2D eigenvalue weighted by atomic mass is 9.89. The molecule has 34 heavy (non-hydrogen) atoms. The van der Waals surface area contributed by atoms with Crippen molar-refractivity contribution in [3.63, 3.8) is 0 Å². The summed E-state index contributed by atoms with van der Waals surface area (Å²) in [4.78, 5) is 11.1. The number of nitrogens with zero attached hydrogens (tertiary/aromatic N) is 1. The Bertz CT molecular complexity index is 1300. The van der Waals surface area contributed by atoms with Crippen LogP contribution in [0.3, 0.4) is 0 Å². The van der Waals surface area contributed by atoms with Crippen LogP contribution in [0.4, 0.5) is 0 Å². The molecule has 0 aromatic heterocycles. The highest BCUT2D eigenvalue weighted by atomic mass is 16.5. The normalized spacial score (nSPS) is 18.0. The zero-order chi connectivity index (χ0) is 23.8. The zero-order valence-corrected chi connectivity index (χ0v) is 19.4. The van der Waals surface area contributed by atoms with E-state index in [0.29, 0.717) is 18.1 Å². The van der Waals surface area contributed by atoms with Crippen LogP contribution in [0.5, 0.6) is 11.5 Å². The van der Waals surface area contributed by atoms with E-state index < -0.39 is 5.97 Å². The maximum absolute atomic E-state index is 11.1. The molecule has 3 aromatic carbocycles. The second-order valence-corrected chi connectivity index (χ2v) is 9.27. The molecular weight excluding hydrogens is 426 g/mol. The van der Waals surface area contributed by atoms with Crippen LogP contribution in [-0.4, -0.2) is 17.7 Å². The van der Waals surface area contributed by atoms with Crippen LogP contribution in [0.15, 0.2) is 48.5 Å². The molecule has 0 amide bonds. The lowest BCUT2D eigenvalue weighted by Crippen LogP contribution is -2.07. The van der Waals surface area contributed by atoms with Crippen molar-refractivity contribution in [3.8, 4) is 17.6 Å². The van der Waals surface area contributed by atoms with Gasteiger partial charge in [-0.05, 0) is 78.6 Å². The summed E-state index contributed by atoms with van der Waals surface area (Å²) in [5, 5.41) is 18.9. The standard InChI is InChI=1S/C29H27NO4/c1-17-4-3-5-18(2)25(17)14-26-19(15-30)6-8-24-23(26)10-11-27(24)34-21-7-9-22-20(12-29(31)32)16-33-28(22)13-21/h3-9,13,20,27H,10-12,14,16H2,1-2H3,(H,31,32). The molecule has 2 aliphatic rings.